The van der Waals surface area contributed by atoms with Crippen LogP contribution in [0.25, 0.3) is 0 Å². The van der Waals surface area contributed by atoms with Crippen LogP contribution in [0.15, 0.2) is 0 Å². The fraction of sp³-hybridized carbons (Fsp3) is 0.933. The van der Waals surface area contributed by atoms with Gasteiger partial charge in [0.15, 0.2) is 0 Å². The second kappa shape index (κ2) is 6.01. The molecule has 1 saturated carbocycles. The van der Waals surface area contributed by atoms with Crippen molar-refractivity contribution in [2.45, 2.75) is 47.0 Å². The Morgan fingerprint density at radius 2 is 1.89 bits per heavy atom. The van der Waals surface area contributed by atoms with Crippen molar-refractivity contribution in [2.24, 2.45) is 22.7 Å². The Bertz CT molecular complexity index is 308. The molecule has 2 fully saturated rings. The Hall–Kier alpha value is -0.280. The number of hydrogen-bond donors (Lipinski definition) is 2. The van der Waals surface area contributed by atoms with Gasteiger partial charge in [-0.25, -0.2) is 0 Å². The first kappa shape index (κ1) is 16.8. The number of amides is 1. The van der Waals surface area contributed by atoms with Gasteiger partial charge in [-0.15, -0.1) is 12.4 Å². The van der Waals surface area contributed by atoms with Gasteiger partial charge in [0.25, 0.3) is 0 Å². The van der Waals surface area contributed by atoms with Gasteiger partial charge in [0.2, 0.25) is 5.91 Å². The van der Waals surface area contributed by atoms with Gasteiger partial charge in [0, 0.05) is 12.5 Å². The molecule has 3 nitrogen and oxygen atoms in total. The number of carbonyl (C=O) groups excluding carboxylic acids is 1. The minimum absolute atomic E-state index is 0. The maximum Gasteiger partial charge on any atom is 0.224 e. The van der Waals surface area contributed by atoms with E-state index in [1.807, 2.05) is 0 Å². The molecule has 0 aromatic rings. The average Bonchev–Trinajstić information content (AvgIpc) is 2.70. The summed E-state index contributed by atoms with van der Waals surface area (Å²) in [5.74, 6) is 1.20. The molecule has 0 aromatic carbocycles. The molecule has 0 radical (unpaired) electrons. The van der Waals surface area contributed by atoms with Crippen molar-refractivity contribution in [2.75, 3.05) is 19.6 Å². The van der Waals surface area contributed by atoms with Crippen LogP contribution in [0.1, 0.15) is 47.0 Å². The molecule has 1 saturated heterocycles. The standard InChI is InChI=1S/C15H28N2O.ClH/c1-14(2)12(15(14,3)4)13(18)17-9-7-11-6-5-8-16-10-11;/h11-12,16H,5-10H2,1-4H3,(H,17,18);1H. The lowest BCUT2D eigenvalue weighted by Gasteiger charge is -2.22. The summed E-state index contributed by atoms with van der Waals surface area (Å²) in [6, 6.07) is 0. The SMILES string of the molecule is CC1(C)C(C(=O)NCCC2CCCNC2)C1(C)C.Cl. The predicted molar refractivity (Wildman–Crippen MR) is 81.5 cm³/mol. The summed E-state index contributed by atoms with van der Waals surface area (Å²) in [7, 11) is 0. The smallest absolute Gasteiger partial charge is 0.224 e. The minimum Gasteiger partial charge on any atom is -0.356 e. The molecular weight excluding hydrogens is 260 g/mol. The van der Waals surface area contributed by atoms with Crippen LogP contribution in [-0.2, 0) is 4.79 Å². The van der Waals surface area contributed by atoms with Crippen molar-refractivity contribution >= 4 is 18.3 Å². The fourth-order valence-electron chi connectivity index (χ4n) is 3.52. The third-order valence-corrected chi connectivity index (χ3v) is 5.53. The molecule has 2 aliphatic rings. The summed E-state index contributed by atoms with van der Waals surface area (Å²) in [5.41, 5.74) is 0.312. The normalized spacial score (nSPS) is 28.3. The molecule has 4 heteroatoms. The van der Waals surface area contributed by atoms with Crippen molar-refractivity contribution in [1.82, 2.24) is 10.6 Å². The molecule has 0 bridgehead atoms. The van der Waals surface area contributed by atoms with Crippen LogP contribution in [0.2, 0.25) is 0 Å². The molecule has 1 aliphatic carbocycles. The van der Waals surface area contributed by atoms with Crippen molar-refractivity contribution in [3.63, 3.8) is 0 Å². The largest absolute Gasteiger partial charge is 0.356 e. The molecule has 112 valence electrons. The van der Waals surface area contributed by atoms with Crippen LogP contribution in [0.4, 0.5) is 0 Å². The van der Waals surface area contributed by atoms with E-state index in [9.17, 15) is 4.79 Å². The fourth-order valence-corrected chi connectivity index (χ4v) is 3.52. The van der Waals surface area contributed by atoms with Crippen molar-refractivity contribution in [1.29, 1.82) is 0 Å². The molecule has 1 heterocycles. The molecule has 0 spiro atoms. The quantitative estimate of drug-likeness (QED) is 0.835. The molecule has 1 amide bonds. The van der Waals surface area contributed by atoms with Crippen LogP contribution in [0.5, 0.6) is 0 Å². The van der Waals surface area contributed by atoms with E-state index in [2.05, 4.69) is 38.3 Å². The zero-order valence-corrected chi connectivity index (χ0v) is 13.5. The van der Waals surface area contributed by atoms with Crippen LogP contribution in [0.3, 0.4) is 0 Å². The third-order valence-electron chi connectivity index (χ3n) is 5.53. The maximum atomic E-state index is 12.2. The molecule has 2 rings (SSSR count). The topological polar surface area (TPSA) is 41.1 Å². The number of carbonyl (C=O) groups is 1. The molecular formula is C15H29ClN2O. The average molecular weight is 289 g/mol. The number of halogens is 1. The summed E-state index contributed by atoms with van der Waals surface area (Å²) < 4.78 is 0. The van der Waals surface area contributed by atoms with E-state index in [0.29, 0.717) is 0 Å². The van der Waals surface area contributed by atoms with Gasteiger partial charge in [-0.2, -0.15) is 0 Å². The Labute approximate surface area is 123 Å². The van der Waals surface area contributed by atoms with E-state index in [-0.39, 0.29) is 35.1 Å². The molecule has 1 atom stereocenters. The van der Waals surface area contributed by atoms with Gasteiger partial charge < -0.3 is 10.6 Å². The van der Waals surface area contributed by atoms with Crippen LogP contribution < -0.4 is 10.6 Å². The van der Waals surface area contributed by atoms with E-state index < -0.39 is 0 Å². The third kappa shape index (κ3) is 3.25. The Morgan fingerprint density at radius 3 is 2.37 bits per heavy atom. The Balaban J connectivity index is 0.00000180. The summed E-state index contributed by atoms with van der Waals surface area (Å²) in [4.78, 5) is 12.2. The van der Waals surface area contributed by atoms with Crippen molar-refractivity contribution in [3.05, 3.63) is 0 Å². The number of hydrogen-bond acceptors (Lipinski definition) is 2. The number of rotatable bonds is 4. The van der Waals surface area contributed by atoms with E-state index >= 15 is 0 Å². The predicted octanol–water partition coefficient (Wildman–Crippen LogP) is 2.60. The van der Waals surface area contributed by atoms with Gasteiger partial charge in [-0.05, 0) is 49.1 Å². The first-order chi connectivity index (χ1) is 8.37. The summed E-state index contributed by atoms with van der Waals surface area (Å²) in [6.45, 7) is 11.9. The highest BCUT2D eigenvalue weighted by molar-refractivity contribution is 5.85. The minimum atomic E-state index is 0. The second-order valence-corrected chi connectivity index (χ2v) is 7.17. The second-order valence-electron chi connectivity index (χ2n) is 7.17. The first-order valence-corrected chi connectivity index (χ1v) is 7.36. The first-order valence-electron chi connectivity index (χ1n) is 7.36. The number of piperidine rings is 1. The summed E-state index contributed by atoms with van der Waals surface area (Å²) in [5, 5.41) is 6.56. The van der Waals surface area contributed by atoms with Crippen LogP contribution in [-0.4, -0.2) is 25.5 Å². The molecule has 1 aliphatic heterocycles. The number of nitrogens with one attached hydrogen (secondary N) is 2. The Kier molecular flexibility index (Phi) is 5.30. The van der Waals surface area contributed by atoms with E-state index in [0.717, 1.165) is 32.0 Å². The van der Waals surface area contributed by atoms with E-state index in [1.165, 1.54) is 12.8 Å². The van der Waals surface area contributed by atoms with Crippen LogP contribution >= 0.6 is 12.4 Å². The van der Waals surface area contributed by atoms with Gasteiger partial charge in [-0.1, -0.05) is 27.7 Å². The van der Waals surface area contributed by atoms with Gasteiger partial charge in [0.05, 0.1) is 0 Å². The lowest BCUT2D eigenvalue weighted by Crippen LogP contribution is -2.34. The molecule has 19 heavy (non-hydrogen) atoms. The van der Waals surface area contributed by atoms with E-state index in [4.69, 9.17) is 0 Å². The van der Waals surface area contributed by atoms with Gasteiger partial charge in [0.1, 0.15) is 0 Å². The molecule has 0 aromatic heterocycles. The monoisotopic (exact) mass is 288 g/mol. The zero-order chi connectivity index (χ0) is 13.4. The van der Waals surface area contributed by atoms with E-state index in [1.54, 1.807) is 0 Å². The molecule has 1 unspecified atom stereocenters. The summed E-state index contributed by atoms with van der Waals surface area (Å²) >= 11 is 0. The van der Waals surface area contributed by atoms with Gasteiger partial charge in [-0.3, -0.25) is 4.79 Å². The zero-order valence-electron chi connectivity index (χ0n) is 12.7. The maximum absolute atomic E-state index is 12.2. The molecule has 2 N–H and O–H groups in total. The van der Waals surface area contributed by atoms with Gasteiger partial charge >= 0.3 is 0 Å². The van der Waals surface area contributed by atoms with Crippen LogP contribution in [0, 0.1) is 22.7 Å². The summed E-state index contributed by atoms with van der Waals surface area (Å²) in [6.07, 6.45) is 3.71. The Morgan fingerprint density at radius 1 is 1.26 bits per heavy atom. The van der Waals surface area contributed by atoms with Crippen molar-refractivity contribution < 1.29 is 4.79 Å². The van der Waals surface area contributed by atoms with Crippen molar-refractivity contribution in [3.8, 4) is 0 Å². The highest BCUT2D eigenvalue weighted by Crippen LogP contribution is 2.68. The lowest BCUT2D eigenvalue weighted by molar-refractivity contribution is -0.123. The highest BCUT2D eigenvalue weighted by Gasteiger charge is 2.68. The lowest BCUT2D eigenvalue weighted by atomic mass is 9.96. The highest BCUT2D eigenvalue weighted by atomic mass is 35.5.